The number of hydrogen-bond acceptors (Lipinski definition) is 4. The summed E-state index contributed by atoms with van der Waals surface area (Å²) in [6.45, 7) is 7.02. The van der Waals surface area contributed by atoms with Gasteiger partial charge in [-0.3, -0.25) is 20.0 Å². The number of aromatic nitrogens is 1. The minimum atomic E-state index is -0.459. The summed E-state index contributed by atoms with van der Waals surface area (Å²) < 4.78 is 0. The highest BCUT2D eigenvalue weighted by Gasteiger charge is 2.16. The number of imide groups is 1. The van der Waals surface area contributed by atoms with Crippen molar-refractivity contribution < 1.29 is 9.59 Å². The van der Waals surface area contributed by atoms with Crippen LogP contribution in [0.2, 0.25) is 0 Å². The summed E-state index contributed by atoms with van der Waals surface area (Å²) in [5.41, 5.74) is 0.895. The lowest BCUT2D eigenvalue weighted by Gasteiger charge is -2.25. The van der Waals surface area contributed by atoms with Crippen LogP contribution in [-0.4, -0.2) is 41.0 Å². The summed E-state index contributed by atoms with van der Waals surface area (Å²) in [4.78, 5) is 29.3. The minimum Gasteiger partial charge on any atom is -0.338 e. The number of hydrogen-bond donors (Lipinski definition) is 2. The van der Waals surface area contributed by atoms with Gasteiger partial charge in [-0.15, -0.1) is 0 Å². The fraction of sp³-hybridized carbons (Fsp3) is 0.500. The molecule has 20 heavy (non-hydrogen) atoms. The van der Waals surface area contributed by atoms with Gasteiger partial charge in [-0.2, -0.15) is 0 Å². The Hall–Kier alpha value is -1.95. The first-order chi connectivity index (χ1) is 9.52. The van der Waals surface area contributed by atoms with Crippen molar-refractivity contribution >= 4 is 11.9 Å². The molecule has 0 aliphatic heterocycles. The van der Waals surface area contributed by atoms with Gasteiger partial charge in [0.2, 0.25) is 5.91 Å². The van der Waals surface area contributed by atoms with E-state index in [1.807, 2.05) is 36.9 Å². The van der Waals surface area contributed by atoms with Gasteiger partial charge in [0.05, 0.1) is 12.2 Å². The third kappa shape index (κ3) is 5.79. The third-order valence-corrected chi connectivity index (χ3v) is 2.76. The third-order valence-electron chi connectivity index (χ3n) is 2.76. The fourth-order valence-electron chi connectivity index (χ4n) is 1.68. The average molecular weight is 278 g/mol. The number of nitrogens with zero attached hydrogens (tertiary/aromatic N) is 2. The first-order valence-corrected chi connectivity index (χ1v) is 6.74. The highest BCUT2D eigenvalue weighted by molar-refractivity contribution is 5.95. The lowest BCUT2D eigenvalue weighted by molar-refractivity contribution is -0.121. The van der Waals surface area contributed by atoms with E-state index >= 15 is 0 Å². The van der Waals surface area contributed by atoms with E-state index < -0.39 is 6.03 Å². The molecule has 0 saturated carbocycles. The van der Waals surface area contributed by atoms with Crippen molar-refractivity contribution in [2.24, 2.45) is 0 Å². The van der Waals surface area contributed by atoms with Gasteiger partial charge in [0.25, 0.3) is 0 Å². The van der Waals surface area contributed by atoms with Crippen LogP contribution >= 0.6 is 0 Å². The molecule has 3 amide bonds. The van der Waals surface area contributed by atoms with Crippen molar-refractivity contribution in [1.29, 1.82) is 0 Å². The second-order valence-electron chi connectivity index (χ2n) is 4.73. The maximum absolute atomic E-state index is 11.8. The normalized spacial score (nSPS) is 10.7. The summed E-state index contributed by atoms with van der Waals surface area (Å²) in [6.07, 6.45) is 1.72. The van der Waals surface area contributed by atoms with Crippen LogP contribution in [-0.2, 0) is 11.3 Å². The standard InChI is InChI=1S/C14H22N4O2/c1-4-15-14(20)17-13(19)10-18(11(2)3)9-12-7-5-6-8-16-12/h5-8,11H,4,9-10H2,1-3H3,(H2,15,17,19,20). The molecule has 0 fully saturated rings. The van der Waals surface area contributed by atoms with Crippen LogP contribution in [0.5, 0.6) is 0 Å². The molecule has 0 bridgehead atoms. The first-order valence-electron chi connectivity index (χ1n) is 6.74. The van der Waals surface area contributed by atoms with Crippen LogP contribution < -0.4 is 10.6 Å². The van der Waals surface area contributed by atoms with Gasteiger partial charge in [0, 0.05) is 25.3 Å². The maximum Gasteiger partial charge on any atom is 0.321 e. The molecule has 0 atom stereocenters. The maximum atomic E-state index is 11.8. The molecular weight excluding hydrogens is 256 g/mol. The summed E-state index contributed by atoms with van der Waals surface area (Å²) in [6, 6.07) is 5.40. The Morgan fingerprint density at radius 1 is 1.35 bits per heavy atom. The lowest BCUT2D eigenvalue weighted by atomic mass is 10.2. The number of pyridine rings is 1. The molecule has 1 aromatic heterocycles. The summed E-state index contributed by atoms with van der Waals surface area (Å²) in [5, 5.41) is 4.83. The van der Waals surface area contributed by atoms with Crippen molar-refractivity contribution in [2.75, 3.05) is 13.1 Å². The molecule has 0 aromatic carbocycles. The molecule has 0 aliphatic carbocycles. The molecule has 0 radical (unpaired) electrons. The Kier molecular flexibility index (Phi) is 6.66. The Bertz CT molecular complexity index is 434. The fourth-order valence-corrected chi connectivity index (χ4v) is 1.68. The van der Waals surface area contributed by atoms with Gasteiger partial charge in [-0.05, 0) is 32.9 Å². The largest absolute Gasteiger partial charge is 0.338 e. The van der Waals surface area contributed by atoms with Crippen molar-refractivity contribution in [2.45, 2.75) is 33.4 Å². The highest BCUT2D eigenvalue weighted by Crippen LogP contribution is 2.05. The SMILES string of the molecule is CCNC(=O)NC(=O)CN(Cc1ccccn1)C(C)C. The molecule has 6 heteroatoms. The first kappa shape index (κ1) is 16.1. The molecular formula is C14H22N4O2. The van der Waals surface area contributed by atoms with E-state index in [4.69, 9.17) is 0 Å². The van der Waals surface area contributed by atoms with Crippen molar-refractivity contribution in [3.8, 4) is 0 Å². The molecule has 2 N–H and O–H groups in total. The molecule has 0 aliphatic rings. The zero-order valence-electron chi connectivity index (χ0n) is 12.2. The number of urea groups is 1. The van der Waals surface area contributed by atoms with Crippen molar-refractivity contribution in [3.05, 3.63) is 30.1 Å². The zero-order valence-corrected chi connectivity index (χ0v) is 12.2. The smallest absolute Gasteiger partial charge is 0.321 e. The van der Waals surface area contributed by atoms with Gasteiger partial charge in [0.1, 0.15) is 0 Å². The number of nitrogens with one attached hydrogen (secondary N) is 2. The predicted octanol–water partition coefficient (Wildman–Crippen LogP) is 1.14. The van der Waals surface area contributed by atoms with Crippen LogP contribution in [0.15, 0.2) is 24.4 Å². The van der Waals surface area contributed by atoms with E-state index in [2.05, 4.69) is 15.6 Å². The monoisotopic (exact) mass is 278 g/mol. The number of amides is 3. The molecule has 1 heterocycles. The highest BCUT2D eigenvalue weighted by atomic mass is 16.2. The van der Waals surface area contributed by atoms with E-state index in [1.54, 1.807) is 13.1 Å². The van der Waals surface area contributed by atoms with E-state index in [0.717, 1.165) is 5.69 Å². The Morgan fingerprint density at radius 2 is 2.10 bits per heavy atom. The number of carbonyl (C=O) groups is 2. The second-order valence-corrected chi connectivity index (χ2v) is 4.73. The quantitative estimate of drug-likeness (QED) is 0.818. The second kappa shape index (κ2) is 8.27. The van der Waals surface area contributed by atoms with Gasteiger partial charge >= 0.3 is 6.03 Å². The van der Waals surface area contributed by atoms with Crippen molar-refractivity contribution in [1.82, 2.24) is 20.5 Å². The Morgan fingerprint density at radius 3 is 2.65 bits per heavy atom. The van der Waals surface area contributed by atoms with Crippen LogP contribution in [0.25, 0.3) is 0 Å². The molecule has 0 unspecified atom stereocenters. The van der Waals surface area contributed by atoms with Crippen LogP contribution in [0.1, 0.15) is 26.5 Å². The van der Waals surface area contributed by atoms with Gasteiger partial charge in [-0.25, -0.2) is 4.79 Å². The number of rotatable bonds is 6. The zero-order chi connectivity index (χ0) is 15.0. The molecule has 1 rings (SSSR count). The van der Waals surface area contributed by atoms with Crippen LogP contribution in [0, 0.1) is 0 Å². The van der Waals surface area contributed by atoms with E-state index in [-0.39, 0.29) is 18.5 Å². The molecule has 110 valence electrons. The van der Waals surface area contributed by atoms with Gasteiger partial charge in [0.15, 0.2) is 0 Å². The van der Waals surface area contributed by atoms with E-state index in [9.17, 15) is 9.59 Å². The molecule has 0 saturated heterocycles. The summed E-state index contributed by atoms with van der Waals surface area (Å²) in [5.74, 6) is -0.319. The molecule has 6 nitrogen and oxygen atoms in total. The van der Waals surface area contributed by atoms with Gasteiger partial charge < -0.3 is 5.32 Å². The Balaban J connectivity index is 2.55. The minimum absolute atomic E-state index is 0.158. The summed E-state index contributed by atoms with van der Waals surface area (Å²) in [7, 11) is 0. The van der Waals surface area contributed by atoms with Gasteiger partial charge in [-0.1, -0.05) is 6.07 Å². The molecule has 0 spiro atoms. The van der Waals surface area contributed by atoms with E-state index in [0.29, 0.717) is 13.1 Å². The van der Waals surface area contributed by atoms with Crippen LogP contribution in [0.3, 0.4) is 0 Å². The molecule has 1 aromatic rings. The van der Waals surface area contributed by atoms with Crippen molar-refractivity contribution in [3.63, 3.8) is 0 Å². The van der Waals surface area contributed by atoms with Crippen LogP contribution in [0.4, 0.5) is 4.79 Å². The van der Waals surface area contributed by atoms with E-state index in [1.165, 1.54) is 0 Å². The Labute approximate surface area is 119 Å². The predicted molar refractivity (Wildman–Crippen MR) is 77.0 cm³/mol. The summed E-state index contributed by atoms with van der Waals surface area (Å²) >= 11 is 0. The topological polar surface area (TPSA) is 74.3 Å². The average Bonchev–Trinajstić information content (AvgIpc) is 2.39. The number of carbonyl (C=O) groups excluding carboxylic acids is 2. The lowest BCUT2D eigenvalue weighted by Crippen LogP contribution is -2.45.